The number of halogens is 2. The topological polar surface area (TPSA) is 91.6 Å². The standard InChI is InChI=1S/C21H27N5O2.2ClH/c22-18-6-2-1-5-17(18)8-9-20(27)24-12-10-21(28)26-15-13-25(14-16-26)19-7-3-4-11-23-19;;/h1-7,11H,8-10,12-16,22H2,(H,24,27);2*1H. The molecule has 2 amide bonds. The van der Waals surface area contributed by atoms with Crippen molar-refractivity contribution in [2.75, 3.05) is 43.4 Å². The predicted molar refractivity (Wildman–Crippen MR) is 124 cm³/mol. The third-order valence-corrected chi connectivity index (χ3v) is 4.94. The van der Waals surface area contributed by atoms with Gasteiger partial charge in [-0.25, -0.2) is 4.98 Å². The fourth-order valence-electron chi connectivity index (χ4n) is 3.29. The summed E-state index contributed by atoms with van der Waals surface area (Å²) in [5.74, 6) is 0.963. The van der Waals surface area contributed by atoms with Gasteiger partial charge in [-0.3, -0.25) is 9.59 Å². The molecule has 9 heteroatoms. The van der Waals surface area contributed by atoms with Crippen LogP contribution in [-0.2, 0) is 16.0 Å². The Bertz CT molecular complexity index is 799. The average Bonchev–Trinajstić information content (AvgIpc) is 2.74. The molecule has 7 nitrogen and oxygen atoms in total. The average molecular weight is 454 g/mol. The third kappa shape index (κ3) is 7.39. The minimum absolute atomic E-state index is 0. The summed E-state index contributed by atoms with van der Waals surface area (Å²) in [6.07, 6.45) is 3.07. The summed E-state index contributed by atoms with van der Waals surface area (Å²) < 4.78 is 0. The highest BCUT2D eigenvalue weighted by Gasteiger charge is 2.21. The smallest absolute Gasteiger partial charge is 0.224 e. The van der Waals surface area contributed by atoms with Crippen molar-refractivity contribution < 1.29 is 9.59 Å². The minimum atomic E-state index is -0.0592. The number of para-hydroxylation sites is 1. The number of carbonyl (C=O) groups excluding carboxylic acids is 2. The van der Waals surface area contributed by atoms with Crippen molar-refractivity contribution in [1.29, 1.82) is 0 Å². The van der Waals surface area contributed by atoms with Crippen LogP contribution >= 0.6 is 24.8 Å². The Morgan fingerprint density at radius 3 is 2.33 bits per heavy atom. The van der Waals surface area contributed by atoms with E-state index in [4.69, 9.17) is 5.73 Å². The van der Waals surface area contributed by atoms with E-state index in [1.807, 2.05) is 47.4 Å². The van der Waals surface area contributed by atoms with E-state index in [-0.39, 0.29) is 36.6 Å². The maximum absolute atomic E-state index is 12.4. The number of aromatic nitrogens is 1. The summed E-state index contributed by atoms with van der Waals surface area (Å²) in [4.78, 5) is 32.8. The summed E-state index contributed by atoms with van der Waals surface area (Å²) in [5.41, 5.74) is 7.56. The molecule has 164 valence electrons. The molecule has 3 N–H and O–H groups in total. The third-order valence-electron chi connectivity index (χ3n) is 4.94. The van der Waals surface area contributed by atoms with Crippen molar-refractivity contribution >= 4 is 48.1 Å². The van der Waals surface area contributed by atoms with Crippen LogP contribution in [0.1, 0.15) is 18.4 Å². The Hall–Kier alpha value is -2.51. The predicted octanol–water partition coefficient (Wildman–Crippen LogP) is 2.30. The fourth-order valence-corrected chi connectivity index (χ4v) is 3.29. The van der Waals surface area contributed by atoms with Crippen LogP contribution in [0.5, 0.6) is 0 Å². The monoisotopic (exact) mass is 453 g/mol. The number of hydrogen-bond acceptors (Lipinski definition) is 5. The van der Waals surface area contributed by atoms with E-state index >= 15 is 0 Å². The van der Waals surface area contributed by atoms with Gasteiger partial charge in [-0.15, -0.1) is 24.8 Å². The zero-order valence-electron chi connectivity index (χ0n) is 16.8. The van der Waals surface area contributed by atoms with Crippen LogP contribution in [0, 0.1) is 0 Å². The molecule has 1 aliphatic heterocycles. The zero-order chi connectivity index (χ0) is 19.8. The van der Waals surface area contributed by atoms with Crippen LogP contribution in [-0.4, -0.2) is 54.4 Å². The highest BCUT2D eigenvalue weighted by atomic mass is 35.5. The Kier molecular flexibility index (Phi) is 11.0. The van der Waals surface area contributed by atoms with Crippen LogP contribution in [0.25, 0.3) is 0 Å². The van der Waals surface area contributed by atoms with Gasteiger partial charge in [0.15, 0.2) is 0 Å². The van der Waals surface area contributed by atoms with E-state index in [0.29, 0.717) is 44.6 Å². The van der Waals surface area contributed by atoms with Gasteiger partial charge in [0.2, 0.25) is 11.8 Å². The van der Waals surface area contributed by atoms with Gasteiger partial charge in [0.1, 0.15) is 5.82 Å². The lowest BCUT2D eigenvalue weighted by atomic mass is 10.1. The van der Waals surface area contributed by atoms with Gasteiger partial charge in [0.05, 0.1) is 0 Å². The van der Waals surface area contributed by atoms with Gasteiger partial charge in [-0.2, -0.15) is 0 Å². The molecule has 30 heavy (non-hydrogen) atoms. The number of nitrogens with two attached hydrogens (primary N) is 1. The molecule has 0 aliphatic carbocycles. The van der Waals surface area contributed by atoms with Crippen LogP contribution in [0.3, 0.4) is 0 Å². The van der Waals surface area contributed by atoms with Crippen molar-refractivity contribution in [2.45, 2.75) is 19.3 Å². The van der Waals surface area contributed by atoms with E-state index in [1.165, 1.54) is 0 Å². The van der Waals surface area contributed by atoms with E-state index in [1.54, 1.807) is 6.20 Å². The number of hydrogen-bond donors (Lipinski definition) is 2. The van der Waals surface area contributed by atoms with Crippen LogP contribution in [0.2, 0.25) is 0 Å². The number of anilines is 2. The number of nitrogens with zero attached hydrogens (tertiary/aromatic N) is 3. The second kappa shape index (κ2) is 12.9. The van der Waals surface area contributed by atoms with Crippen molar-refractivity contribution in [3.63, 3.8) is 0 Å². The molecule has 0 unspecified atom stereocenters. The molecular weight excluding hydrogens is 425 g/mol. The van der Waals surface area contributed by atoms with Crippen molar-refractivity contribution in [3.8, 4) is 0 Å². The highest BCUT2D eigenvalue weighted by Crippen LogP contribution is 2.13. The number of nitrogen functional groups attached to an aromatic ring is 1. The number of nitrogens with one attached hydrogen (secondary N) is 1. The van der Waals surface area contributed by atoms with E-state index in [0.717, 1.165) is 24.5 Å². The van der Waals surface area contributed by atoms with E-state index in [9.17, 15) is 9.59 Å². The number of pyridine rings is 1. The lowest BCUT2D eigenvalue weighted by Crippen LogP contribution is -2.49. The largest absolute Gasteiger partial charge is 0.399 e. The number of rotatable bonds is 7. The normalized spacial score (nSPS) is 13.1. The molecule has 0 spiro atoms. The van der Waals surface area contributed by atoms with Gasteiger partial charge in [0, 0.05) is 57.4 Å². The number of amides is 2. The molecule has 1 saturated heterocycles. The molecule has 1 aliphatic rings. The summed E-state index contributed by atoms with van der Waals surface area (Å²) >= 11 is 0. The molecule has 1 fully saturated rings. The van der Waals surface area contributed by atoms with Gasteiger partial charge in [-0.1, -0.05) is 24.3 Å². The molecule has 3 rings (SSSR count). The molecule has 0 bridgehead atoms. The van der Waals surface area contributed by atoms with Gasteiger partial charge < -0.3 is 20.9 Å². The van der Waals surface area contributed by atoms with E-state index in [2.05, 4.69) is 15.2 Å². The molecular formula is C21H29Cl2N5O2. The van der Waals surface area contributed by atoms with E-state index < -0.39 is 0 Å². The number of benzene rings is 1. The van der Waals surface area contributed by atoms with Crippen molar-refractivity contribution in [2.24, 2.45) is 0 Å². The second-order valence-electron chi connectivity index (χ2n) is 6.85. The van der Waals surface area contributed by atoms with Crippen LogP contribution in [0.15, 0.2) is 48.7 Å². The summed E-state index contributed by atoms with van der Waals surface area (Å²) in [7, 11) is 0. The first-order chi connectivity index (χ1) is 13.6. The number of aryl methyl sites for hydroxylation is 1. The van der Waals surface area contributed by atoms with Gasteiger partial charge >= 0.3 is 0 Å². The Labute approximate surface area is 189 Å². The summed E-state index contributed by atoms with van der Waals surface area (Å²) in [5, 5.41) is 2.83. The molecule has 0 saturated carbocycles. The lowest BCUT2D eigenvalue weighted by Gasteiger charge is -2.35. The Balaban J connectivity index is 0.00000225. The molecule has 1 aromatic heterocycles. The Morgan fingerprint density at radius 2 is 1.67 bits per heavy atom. The molecule has 0 radical (unpaired) electrons. The first-order valence-corrected chi connectivity index (χ1v) is 9.67. The molecule has 1 aromatic carbocycles. The number of piperazine rings is 1. The van der Waals surface area contributed by atoms with Crippen LogP contribution in [0.4, 0.5) is 11.5 Å². The number of carbonyl (C=O) groups is 2. The minimum Gasteiger partial charge on any atom is -0.399 e. The summed E-state index contributed by atoms with van der Waals surface area (Å²) in [6.45, 7) is 3.26. The maximum atomic E-state index is 12.4. The van der Waals surface area contributed by atoms with Gasteiger partial charge in [-0.05, 0) is 30.2 Å². The molecule has 2 aromatic rings. The highest BCUT2D eigenvalue weighted by molar-refractivity contribution is 5.85. The Morgan fingerprint density at radius 1 is 0.967 bits per heavy atom. The summed E-state index contributed by atoms with van der Waals surface area (Å²) in [6, 6.07) is 13.4. The first-order valence-electron chi connectivity index (χ1n) is 9.67. The zero-order valence-corrected chi connectivity index (χ0v) is 18.5. The second-order valence-corrected chi connectivity index (χ2v) is 6.85. The van der Waals surface area contributed by atoms with Crippen molar-refractivity contribution in [3.05, 3.63) is 54.2 Å². The maximum Gasteiger partial charge on any atom is 0.224 e. The van der Waals surface area contributed by atoms with Crippen molar-refractivity contribution in [1.82, 2.24) is 15.2 Å². The SMILES string of the molecule is Cl.Cl.Nc1ccccc1CCC(=O)NCCC(=O)N1CCN(c2ccccn2)CC1. The quantitative estimate of drug-likeness (QED) is 0.627. The first kappa shape index (κ1) is 25.5. The lowest BCUT2D eigenvalue weighted by molar-refractivity contribution is -0.131. The molecule has 2 heterocycles. The molecule has 0 atom stereocenters. The van der Waals surface area contributed by atoms with Gasteiger partial charge in [0.25, 0.3) is 0 Å². The van der Waals surface area contributed by atoms with Crippen LogP contribution < -0.4 is 16.0 Å². The fraction of sp³-hybridized carbons (Fsp3) is 0.381.